The van der Waals surface area contributed by atoms with Gasteiger partial charge in [-0.25, -0.2) is 4.99 Å². The maximum atomic E-state index is 9.65. The molecule has 0 unspecified atom stereocenters. The van der Waals surface area contributed by atoms with E-state index < -0.39 is 18.6 Å². The number of carboxylic acids is 1. The monoisotopic (exact) mass is 211 g/mol. The second-order valence-electron chi connectivity index (χ2n) is 2.57. The summed E-state index contributed by atoms with van der Waals surface area (Å²) in [7, 11) is 0. The number of allylic oxidation sites excluding steroid dienone is 1. The van der Waals surface area contributed by atoms with Crippen molar-refractivity contribution in [1.82, 2.24) is 0 Å². The lowest BCUT2D eigenvalue weighted by Gasteiger charge is -1.96. The van der Waals surface area contributed by atoms with Gasteiger partial charge in [-0.3, -0.25) is 4.79 Å². The highest BCUT2D eigenvalue weighted by atomic mass is 16.4. The van der Waals surface area contributed by atoms with Gasteiger partial charge in [0.1, 0.15) is 11.7 Å². The quantitative estimate of drug-likeness (QED) is 0.547. The average molecular weight is 211 g/mol. The van der Waals surface area contributed by atoms with E-state index in [2.05, 4.69) is 20.4 Å². The van der Waals surface area contributed by atoms with Crippen LogP contribution in [0.25, 0.3) is 0 Å². The smallest absolute Gasteiger partial charge is 0.322 e. The van der Waals surface area contributed by atoms with Crippen LogP contribution in [0.3, 0.4) is 0 Å². The van der Waals surface area contributed by atoms with Crippen molar-refractivity contribution in [2.75, 3.05) is 6.61 Å². The number of aliphatic imine (C=N–C) groups is 1. The third kappa shape index (κ3) is 3.04. The topological polar surface area (TPSA) is 133 Å². The van der Waals surface area contributed by atoms with Crippen molar-refractivity contribution >= 4 is 18.0 Å². The molecule has 15 heavy (non-hydrogen) atoms. The molecule has 80 valence electrons. The number of aliphatic carboxylic acids is 1. The summed E-state index contributed by atoms with van der Waals surface area (Å²) in [5.74, 6) is -0.549. The number of carboxylic acid groups (broad SMARTS) is 1. The summed E-state index contributed by atoms with van der Waals surface area (Å²) in [6.45, 7) is -0.505. The molecule has 0 aromatic rings. The van der Waals surface area contributed by atoms with Crippen LogP contribution in [0.2, 0.25) is 0 Å². The fourth-order valence-corrected chi connectivity index (χ4v) is 0.665. The molecule has 8 nitrogen and oxygen atoms in total. The number of carbonyl (C=O) groups is 1. The zero-order valence-electron chi connectivity index (χ0n) is 7.61. The lowest BCUT2D eigenvalue weighted by Crippen LogP contribution is -2.33. The van der Waals surface area contributed by atoms with E-state index in [1.54, 1.807) is 12.3 Å². The van der Waals surface area contributed by atoms with Gasteiger partial charge in [0.25, 0.3) is 0 Å². The number of hydrogen-bond acceptors (Lipinski definition) is 7. The Morgan fingerprint density at radius 3 is 2.80 bits per heavy atom. The Morgan fingerprint density at radius 2 is 2.33 bits per heavy atom. The number of nitrogens with two attached hydrogens (primary N) is 1. The van der Waals surface area contributed by atoms with Crippen LogP contribution in [0.1, 0.15) is 0 Å². The zero-order chi connectivity index (χ0) is 11.3. The molecule has 0 saturated carbocycles. The van der Waals surface area contributed by atoms with E-state index in [-0.39, 0.29) is 0 Å². The molecule has 2 rings (SSSR count). The van der Waals surface area contributed by atoms with E-state index in [0.717, 1.165) is 5.70 Å². The molecular formula is C7H9N5O3. The highest BCUT2D eigenvalue weighted by Gasteiger charge is 2.12. The minimum absolute atomic E-state index is 0.505. The Kier molecular flexibility index (Phi) is 3.77. The van der Waals surface area contributed by atoms with E-state index in [1.165, 1.54) is 0 Å². The molecule has 0 radical (unpaired) electrons. The van der Waals surface area contributed by atoms with Crippen LogP contribution in [-0.4, -0.2) is 40.9 Å². The number of aliphatic hydroxyl groups excluding tert-OH is 1. The summed E-state index contributed by atoms with van der Waals surface area (Å²) in [4.78, 5) is 13.5. The molecule has 8 heteroatoms. The lowest BCUT2D eigenvalue weighted by atomic mass is 10.3. The average Bonchev–Trinajstić information content (AvgIpc) is 2.78. The van der Waals surface area contributed by atoms with E-state index in [0.29, 0.717) is 5.84 Å². The van der Waals surface area contributed by atoms with Gasteiger partial charge in [-0.15, -0.1) is 10.2 Å². The maximum Gasteiger partial charge on any atom is 0.322 e. The Morgan fingerprint density at radius 1 is 1.60 bits per heavy atom. The predicted octanol–water partition coefficient (Wildman–Crippen LogP) is -0.875. The van der Waals surface area contributed by atoms with Crippen LogP contribution in [0, 0.1) is 0 Å². The molecule has 0 spiro atoms. The Bertz CT molecular complexity index is 345. The van der Waals surface area contributed by atoms with Crippen molar-refractivity contribution in [3.8, 4) is 0 Å². The predicted molar refractivity (Wildman–Crippen MR) is 51.6 cm³/mol. The summed E-state index contributed by atoms with van der Waals surface area (Å²) >= 11 is 0. The van der Waals surface area contributed by atoms with Gasteiger partial charge >= 0.3 is 5.97 Å². The molecule has 0 fully saturated rings. The molecule has 4 N–H and O–H groups in total. The summed E-state index contributed by atoms with van der Waals surface area (Å²) in [6, 6.07) is -1.13. The molecule has 2 heterocycles. The van der Waals surface area contributed by atoms with Crippen LogP contribution in [-0.2, 0) is 4.79 Å². The molecule has 0 bridgehead atoms. The van der Waals surface area contributed by atoms with Gasteiger partial charge in [0.05, 0.1) is 6.61 Å². The van der Waals surface area contributed by atoms with Crippen molar-refractivity contribution in [2.45, 2.75) is 6.04 Å². The van der Waals surface area contributed by atoms with Gasteiger partial charge in [-0.2, -0.15) is 0 Å². The second-order valence-corrected chi connectivity index (χ2v) is 2.57. The van der Waals surface area contributed by atoms with Gasteiger partial charge in [0.15, 0.2) is 0 Å². The van der Waals surface area contributed by atoms with E-state index >= 15 is 0 Å². The van der Waals surface area contributed by atoms with Gasteiger partial charge in [-0.1, -0.05) is 0 Å². The van der Waals surface area contributed by atoms with Crippen molar-refractivity contribution in [1.29, 1.82) is 0 Å². The minimum Gasteiger partial charge on any atom is -0.480 e. The Balaban J connectivity index is 0.000000153. The Labute approximate surface area is 84.5 Å². The fourth-order valence-electron chi connectivity index (χ4n) is 0.665. The first-order valence-corrected chi connectivity index (χ1v) is 3.98. The highest BCUT2D eigenvalue weighted by Crippen LogP contribution is 2.12. The van der Waals surface area contributed by atoms with Gasteiger partial charge < -0.3 is 15.9 Å². The highest BCUT2D eigenvalue weighted by molar-refractivity contribution is 6.11. The Hall–Kier alpha value is -1.93. The van der Waals surface area contributed by atoms with Crippen LogP contribution in [0.5, 0.6) is 0 Å². The molecule has 2 aliphatic heterocycles. The molecule has 2 aliphatic rings. The van der Waals surface area contributed by atoms with E-state index in [1.807, 2.05) is 0 Å². The largest absolute Gasteiger partial charge is 0.480 e. The first-order valence-electron chi connectivity index (χ1n) is 3.98. The number of aliphatic hydroxyl groups is 1. The first kappa shape index (κ1) is 11.1. The molecule has 1 atom stereocenters. The lowest BCUT2D eigenvalue weighted by molar-refractivity contribution is -0.139. The minimum atomic E-state index is -1.18. The normalized spacial score (nSPS) is 17.5. The third-order valence-corrected chi connectivity index (χ3v) is 1.46. The van der Waals surface area contributed by atoms with Gasteiger partial charge in [0.2, 0.25) is 5.84 Å². The maximum absolute atomic E-state index is 9.65. The van der Waals surface area contributed by atoms with Crippen molar-refractivity contribution in [2.24, 2.45) is 26.2 Å². The van der Waals surface area contributed by atoms with Crippen LogP contribution >= 0.6 is 0 Å². The summed E-state index contributed by atoms with van der Waals surface area (Å²) in [5.41, 5.74) is 5.53. The van der Waals surface area contributed by atoms with Crippen molar-refractivity contribution in [3.05, 3.63) is 11.8 Å². The van der Waals surface area contributed by atoms with Gasteiger partial charge in [-0.05, 0) is 11.3 Å². The second kappa shape index (κ2) is 5.08. The number of hydrogen-bond donors (Lipinski definition) is 3. The summed E-state index contributed by atoms with van der Waals surface area (Å²) in [5, 5.41) is 26.6. The number of amidine groups is 1. The van der Waals surface area contributed by atoms with Crippen molar-refractivity contribution < 1.29 is 15.0 Å². The third-order valence-electron chi connectivity index (χ3n) is 1.46. The number of rotatable bonds is 2. The summed E-state index contributed by atoms with van der Waals surface area (Å²) in [6.07, 6.45) is 3.43. The SMILES string of the molecule is C1=NC2=NN=NC2=C1.N[C@@H](CO)C(=O)O. The zero-order valence-corrected chi connectivity index (χ0v) is 7.61. The van der Waals surface area contributed by atoms with Gasteiger partial charge in [0, 0.05) is 6.21 Å². The molecular weight excluding hydrogens is 202 g/mol. The molecule has 0 saturated heterocycles. The molecule has 0 aliphatic carbocycles. The molecule has 0 aromatic carbocycles. The molecule has 0 amide bonds. The van der Waals surface area contributed by atoms with Crippen LogP contribution in [0.4, 0.5) is 0 Å². The van der Waals surface area contributed by atoms with E-state index in [9.17, 15) is 4.79 Å². The van der Waals surface area contributed by atoms with E-state index in [4.69, 9.17) is 15.9 Å². The standard InChI is InChI=1S/C4H2N4.C3H7NO3/c1-2-5-4-3(1)6-8-7-4;4-2(1-5)3(6)7/h1-2H;2,5H,1,4H2,(H,6,7)/t;2-/m.0/s1. The summed E-state index contributed by atoms with van der Waals surface area (Å²) < 4.78 is 0. The van der Waals surface area contributed by atoms with Crippen LogP contribution < -0.4 is 5.73 Å². The fraction of sp³-hybridized carbons (Fsp3) is 0.286. The van der Waals surface area contributed by atoms with Crippen molar-refractivity contribution in [3.63, 3.8) is 0 Å². The number of fused-ring (bicyclic) bond motifs is 1. The van der Waals surface area contributed by atoms with Crippen LogP contribution in [0.15, 0.2) is 32.2 Å². The first-order chi connectivity index (χ1) is 7.15. The number of nitrogens with zero attached hydrogens (tertiary/aromatic N) is 4. The molecule has 0 aromatic heterocycles.